The molecule has 0 spiro atoms. The summed E-state index contributed by atoms with van der Waals surface area (Å²) >= 11 is 0. The van der Waals surface area contributed by atoms with Gasteiger partial charge in [0.1, 0.15) is 29.9 Å². The minimum absolute atomic E-state index is 0.0398. The maximum absolute atomic E-state index is 14.0. The van der Waals surface area contributed by atoms with Crippen molar-refractivity contribution in [2.75, 3.05) is 33.4 Å². The van der Waals surface area contributed by atoms with E-state index in [4.69, 9.17) is 21.9 Å². The molecule has 5 atom stereocenters. The van der Waals surface area contributed by atoms with Crippen molar-refractivity contribution in [1.82, 2.24) is 31.9 Å². The number of primary amides is 1. The van der Waals surface area contributed by atoms with Crippen LogP contribution in [-0.4, -0.2) is 116 Å². The third-order valence-electron chi connectivity index (χ3n) is 11.6. The van der Waals surface area contributed by atoms with Crippen LogP contribution in [0.15, 0.2) is 24.3 Å². The molecule has 68 heavy (non-hydrogen) atoms. The number of ether oxygens (including phenoxy) is 1. The Morgan fingerprint density at radius 3 is 1.51 bits per heavy atom. The Hall–Kier alpha value is -5.14. The van der Waals surface area contributed by atoms with Gasteiger partial charge >= 0.3 is 0 Å². The molecule has 13 N–H and O–H groups in total. The standard InChI is InChI=1S/C49H85N9O10/c1-4-5-6-7-8-9-10-11-12-13-14-15-16-23-44(62)55-42(34-68-3)46(64)53-33-45(63)54-41(32-36-24-26-37(60)27-25-36)49(67)58-40(28-29-43(52)61)48(66)57-39(22-18-20-31-51)47(65)56-38(35(2)59)21-17-19-30-50/h24-27,38-42,60H,4-23,28-34,50-51H2,1-3H3,(H2,52,61)(H,53,64)(H,54,63)(H,55,62)(H,56,65)(H,57,66)(H,58,67)/t38-,39-,40-,41-,42-/m0/s1. The normalized spacial score (nSPS) is 13.2. The van der Waals surface area contributed by atoms with E-state index >= 15 is 0 Å². The molecule has 0 radical (unpaired) electrons. The van der Waals surface area contributed by atoms with Crippen LogP contribution in [0.3, 0.4) is 0 Å². The highest BCUT2D eigenvalue weighted by atomic mass is 16.5. The molecule has 19 heteroatoms. The van der Waals surface area contributed by atoms with Crippen LogP contribution in [0.25, 0.3) is 0 Å². The van der Waals surface area contributed by atoms with Crippen LogP contribution in [-0.2, 0) is 49.5 Å². The zero-order valence-corrected chi connectivity index (χ0v) is 41.1. The quantitative estimate of drug-likeness (QED) is 0.0424. The van der Waals surface area contributed by atoms with Gasteiger partial charge in [-0.25, -0.2) is 0 Å². The van der Waals surface area contributed by atoms with E-state index in [2.05, 4.69) is 38.8 Å². The summed E-state index contributed by atoms with van der Waals surface area (Å²) in [5.41, 5.74) is 17.2. The number of carbonyl (C=O) groups excluding carboxylic acids is 8. The third kappa shape index (κ3) is 28.9. The van der Waals surface area contributed by atoms with Crippen LogP contribution in [0.1, 0.15) is 161 Å². The molecule has 0 bridgehead atoms. The van der Waals surface area contributed by atoms with Crippen molar-refractivity contribution < 1.29 is 48.2 Å². The van der Waals surface area contributed by atoms with Gasteiger partial charge in [0.2, 0.25) is 41.4 Å². The summed E-state index contributed by atoms with van der Waals surface area (Å²) in [5.74, 6) is -5.15. The first-order chi connectivity index (χ1) is 32.6. The number of rotatable bonds is 41. The molecule has 0 heterocycles. The van der Waals surface area contributed by atoms with Gasteiger partial charge in [-0.1, -0.05) is 96.1 Å². The summed E-state index contributed by atoms with van der Waals surface area (Å²) in [6.45, 7) is 3.58. The number of nitrogens with one attached hydrogen (secondary N) is 6. The van der Waals surface area contributed by atoms with Crippen LogP contribution < -0.4 is 49.1 Å². The van der Waals surface area contributed by atoms with Crippen LogP contribution >= 0.6 is 0 Å². The van der Waals surface area contributed by atoms with Crippen LogP contribution in [0.5, 0.6) is 5.75 Å². The molecule has 0 aliphatic heterocycles. The lowest BCUT2D eigenvalue weighted by molar-refractivity contribution is -0.135. The van der Waals surface area contributed by atoms with Crippen molar-refractivity contribution in [3.8, 4) is 5.75 Å². The summed E-state index contributed by atoms with van der Waals surface area (Å²) < 4.78 is 5.17. The molecule has 0 unspecified atom stereocenters. The molecule has 1 aromatic carbocycles. The molecule has 0 aliphatic rings. The Balaban J connectivity index is 3.01. The number of methoxy groups -OCH3 is 1. The number of hydrogen-bond donors (Lipinski definition) is 10. The Morgan fingerprint density at radius 2 is 1.01 bits per heavy atom. The smallest absolute Gasteiger partial charge is 0.245 e. The second-order valence-electron chi connectivity index (χ2n) is 17.6. The molecule has 0 fully saturated rings. The number of carbonyl (C=O) groups is 8. The summed E-state index contributed by atoms with van der Waals surface area (Å²) in [5, 5.41) is 25.6. The maximum atomic E-state index is 14.0. The van der Waals surface area contributed by atoms with E-state index < -0.39 is 72.2 Å². The SMILES string of the molecule is CCCCCCCCCCCCCCCC(=O)N[C@@H](COC)C(=O)NCC(=O)N[C@@H](Cc1ccc(O)cc1)C(=O)N[C@@H](CCC(N)=O)C(=O)N[C@@H](CCCCN)C(=O)N[C@@H](CCCCN)C(C)=O. The monoisotopic (exact) mass is 960 g/mol. The van der Waals surface area contributed by atoms with Gasteiger partial charge in [0, 0.05) is 26.4 Å². The summed E-state index contributed by atoms with van der Waals surface area (Å²) in [4.78, 5) is 105. The van der Waals surface area contributed by atoms with Crippen LogP contribution in [0, 0.1) is 0 Å². The molecular weight excluding hydrogens is 875 g/mol. The fourth-order valence-electron chi connectivity index (χ4n) is 7.54. The minimum atomic E-state index is -1.41. The predicted octanol–water partition coefficient (Wildman–Crippen LogP) is 2.72. The van der Waals surface area contributed by atoms with E-state index in [1.54, 1.807) is 0 Å². The number of unbranched alkanes of at least 4 members (excludes halogenated alkanes) is 14. The van der Waals surface area contributed by atoms with E-state index in [1.165, 1.54) is 96.1 Å². The maximum Gasteiger partial charge on any atom is 0.245 e. The summed E-state index contributed by atoms with van der Waals surface area (Å²) in [6, 6.07) is 0.0464. The molecule has 7 amide bonds. The van der Waals surface area contributed by atoms with E-state index in [9.17, 15) is 43.5 Å². The first-order valence-electron chi connectivity index (χ1n) is 24.9. The fraction of sp³-hybridized carbons (Fsp3) is 0.714. The second-order valence-corrected chi connectivity index (χ2v) is 17.6. The zero-order valence-electron chi connectivity index (χ0n) is 41.1. The second kappa shape index (κ2) is 37.8. The van der Waals surface area contributed by atoms with Crippen molar-refractivity contribution in [3.05, 3.63) is 29.8 Å². The first kappa shape index (κ1) is 60.9. The largest absolute Gasteiger partial charge is 0.508 e. The highest BCUT2D eigenvalue weighted by molar-refractivity contribution is 5.96. The van der Waals surface area contributed by atoms with Crippen molar-refractivity contribution in [3.63, 3.8) is 0 Å². The topological polar surface area (TPSA) is 316 Å². The number of nitrogens with two attached hydrogens (primary N) is 3. The molecule has 0 aliphatic carbocycles. The number of amides is 7. The van der Waals surface area contributed by atoms with Gasteiger partial charge in [-0.15, -0.1) is 0 Å². The van der Waals surface area contributed by atoms with Crippen molar-refractivity contribution in [1.29, 1.82) is 0 Å². The molecule has 1 rings (SSSR count). The Morgan fingerprint density at radius 1 is 0.544 bits per heavy atom. The number of aromatic hydroxyl groups is 1. The van der Waals surface area contributed by atoms with Crippen LogP contribution in [0.4, 0.5) is 0 Å². The number of hydrogen-bond acceptors (Lipinski definition) is 12. The predicted molar refractivity (Wildman–Crippen MR) is 262 cm³/mol. The van der Waals surface area contributed by atoms with Gasteiger partial charge in [0.15, 0.2) is 5.78 Å². The number of ketones is 1. The van der Waals surface area contributed by atoms with Gasteiger partial charge in [0.25, 0.3) is 0 Å². The number of benzene rings is 1. The highest BCUT2D eigenvalue weighted by Crippen LogP contribution is 2.15. The van der Waals surface area contributed by atoms with Crippen molar-refractivity contribution >= 4 is 47.1 Å². The molecule has 386 valence electrons. The molecule has 1 aromatic rings. The lowest BCUT2D eigenvalue weighted by Crippen LogP contribution is -2.58. The molecule has 0 saturated carbocycles. The molecular formula is C49H85N9O10. The van der Waals surface area contributed by atoms with Gasteiger partial charge < -0.3 is 58.9 Å². The summed E-state index contributed by atoms with van der Waals surface area (Å²) in [7, 11) is 1.38. The van der Waals surface area contributed by atoms with E-state index in [0.717, 1.165) is 19.3 Å². The Bertz CT molecular complexity index is 1650. The number of phenolic OH excluding ortho intramolecular Hbond substituents is 1. The average molecular weight is 960 g/mol. The van der Waals surface area contributed by atoms with Gasteiger partial charge in [-0.2, -0.15) is 0 Å². The Labute approximate surface area is 404 Å². The number of Topliss-reactive ketones (excluding diaryl/α,β-unsaturated/α-hetero) is 1. The minimum Gasteiger partial charge on any atom is -0.508 e. The average Bonchev–Trinajstić information content (AvgIpc) is 3.30. The van der Waals surface area contributed by atoms with Crippen molar-refractivity contribution in [2.45, 2.75) is 192 Å². The van der Waals surface area contributed by atoms with E-state index in [1.807, 2.05) is 0 Å². The van der Waals surface area contributed by atoms with Crippen LogP contribution in [0.2, 0.25) is 0 Å². The van der Waals surface area contributed by atoms with Gasteiger partial charge in [-0.05, 0) is 89.1 Å². The lowest BCUT2D eigenvalue weighted by Gasteiger charge is -2.26. The van der Waals surface area contributed by atoms with E-state index in [-0.39, 0.29) is 56.2 Å². The fourth-order valence-corrected chi connectivity index (χ4v) is 7.54. The highest BCUT2D eigenvalue weighted by Gasteiger charge is 2.31. The van der Waals surface area contributed by atoms with E-state index in [0.29, 0.717) is 57.2 Å². The lowest BCUT2D eigenvalue weighted by atomic mass is 10.0. The van der Waals surface area contributed by atoms with Gasteiger partial charge in [0.05, 0.1) is 19.2 Å². The molecule has 19 nitrogen and oxygen atoms in total. The first-order valence-corrected chi connectivity index (χ1v) is 24.9. The number of phenols is 1. The Kier molecular flexibility index (Phi) is 33.8. The van der Waals surface area contributed by atoms with Crippen molar-refractivity contribution in [2.24, 2.45) is 17.2 Å². The zero-order chi connectivity index (χ0) is 50.5. The van der Waals surface area contributed by atoms with Gasteiger partial charge in [-0.3, -0.25) is 38.4 Å². The third-order valence-corrected chi connectivity index (χ3v) is 11.6. The molecule has 0 aromatic heterocycles. The summed E-state index contributed by atoms with van der Waals surface area (Å²) in [6.07, 6.45) is 17.4. The molecule has 0 saturated heterocycles.